The third-order valence-corrected chi connectivity index (χ3v) is 5.10. The summed E-state index contributed by atoms with van der Waals surface area (Å²) in [7, 11) is 0. The van der Waals surface area contributed by atoms with Crippen LogP contribution in [0.15, 0.2) is 36.4 Å². The van der Waals surface area contributed by atoms with Gasteiger partial charge >= 0.3 is 5.97 Å². The summed E-state index contributed by atoms with van der Waals surface area (Å²) in [5, 5.41) is 12.2. The Balaban J connectivity index is 1.94. The normalized spacial score (nSPS) is 14.0. The number of ether oxygens (including phenoxy) is 1. The summed E-state index contributed by atoms with van der Waals surface area (Å²) < 4.78 is 5.41. The summed E-state index contributed by atoms with van der Waals surface area (Å²) in [4.78, 5) is 38.3. The number of rotatable bonds is 6. The van der Waals surface area contributed by atoms with E-state index in [9.17, 15) is 19.5 Å². The van der Waals surface area contributed by atoms with E-state index in [1.165, 1.54) is 23.1 Å². The van der Waals surface area contributed by atoms with E-state index >= 15 is 0 Å². The Morgan fingerprint density at radius 2 is 1.83 bits per heavy atom. The fraction of sp³-hybridized carbons (Fsp3) is 0.318. The Labute approximate surface area is 169 Å². The van der Waals surface area contributed by atoms with Gasteiger partial charge in [0.05, 0.1) is 11.3 Å². The van der Waals surface area contributed by atoms with Crippen LogP contribution in [0.5, 0.6) is 5.75 Å². The minimum atomic E-state index is -1.12. The molecule has 29 heavy (non-hydrogen) atoms. The van der Waals surface area contributed by atoms with E-state index in [0.717, 1.165) is 29.7 Å². The number of hydrogen-bond donors (Lipinski definition) is 2. The number of fused-ring (bicyclic) bond motifs is 1. The Hall–Kier alpha value is -3.35. The van der Waals surface area contributed by atoms with Crippen molar-refractivity contribution in [3.63, 3.8) is 0 Å². The van der Waals surface area contributed by atoms with Crippen LogP contribution in [-0.4, -0.2) is 35.5 Å². The summed E-state index contributed by atoms with van der Waals surface area (Å²) in [6.07, 6.45) is 1.53. The topological polar surface area (TPSA) is 95.9 Å². The quantitative estimate of drug-likeness (QED) is 0.781. The molecule has 1 heterocycles. The van der Waals surface area contributed by atoms with E-state index in [4.69, 9.17) is 4.74 Å². The second kappa shape index (κ2) is 8.34. The van der Waals surface area contributed by atoms with Crippen molar-refractivity contribution in [2.45, 2.75) is 39.7 Å². The fourth-order valence-corrected chi connectivity index (χ4v) is 3.48. The van der Waals surface area contributed by atoms with Gasteiger partial charge in [-0.2, -0.15) is 0 Å². The zero-order chi connectivity index (χ0) is 21.1. The van der Waals surface area contributed by atoms with Gasteiger partial charge in [0, 0.05) is 5.69 Å². The standard InChI is InChI=1S/C22H24N2O5/c1-4-14-7-6-8-15(5-2)20(14)23-21(26)13(3)24-17-11-16(22(27)28)9-10-18(17)29-12-19(24)25/h6-11,13H,4-5,12H2,1-3H3,(H,23,26)(H,27,28). The minimum absolute atomic E-state index is 0.0178. The maximum absolute atomic E-state index is 13.1. The van der Waals surface area contributed by atoms with Crippen LogP contribution in [0.3, 0.4) is 0 Å². The first kappa shape index (κ1) is 20.4. The zero-order valence-electron chi connectivity index (χ0n) is 16.7. The van der Waals surface area contributed by atoms with Gasteiger partial charge in [0.15, 0.2) is 6.61 Å². The van der Waals surface area contributed by atoms with E-state index in [0.29, 0.717) is 5.75 Å². The van der Waals surface area contributed by atoms with Gasteiger partial charge in [-0.15, -0.1) is 0 Å². The van der Waals surface area contributed by atoms with Gasteiger partial charge in [0.1, 0.15) is 11.8 Å². The van der Waals surface area contributed by atoms with Gasteiger partial charge < -0.3 is 15.2 Å². The molecule has 152 valence electrons. The smallest absolute Gasteiger partial charge is 0.335 e. The number of carbonyl (C=O) groups excluding carboxylic acids is 2. The van der Waals surface area contributed by atoms with Gasteiger partial charge in [-0.3, -0.25) is 14.5 Å². The molecule has 2 amide bonds. The van der Waals surface area contributed by atoms with Crippen molar-refractivity contribution in [1.82, 2.24) is 0 Å². The van der Waals surface area contributed by atoms with Crippen molar-refractivity contribution < 1.29 is 24.2 Å². The van der Waals surface area contributed by atoms with Crippen molar-refractivity contribution in [2.24, 2.45) is 0 Å². The van der Waals surface area contributed by atoms with E-state index < -0.39 is 17.9 Å². The van der Waals surface area contributed by atoms with Crippen LogP contribution >= 0.6 is 0 Å². The van der Waals surface area contributed by atoms with Gasteiger partial charge in [-0.1, -0.05) is 32.0 Å². The minimum Gasteiger partial charge on any atom is -0.482 e. The lowest BCUT2D eigenvalue weighted by atomic mass is 10.0. The molecule has 0 spiro atoms. The average molecular weight is 396 g/mol. The molecule has 0 bridgehead atoms. The van der Waals surface area contributed by atoms with Gasteiger partial charge in [-0.25, -0.2) is 4.79 Å². The first-order valence-electron chi connectivity index (χ1n) is 9.61. The molecular weight excluding hydrogens is 372 g/mol. The summed E-state index contributed by atoms with van der Waals surface area (Å²) in [6, 6.07) is 9.32. The van der Waals surface area contributed by atoms with E-state index in [1.54, 1.807) is 6.92 Å². The average Bonchev–Trinajstić information content (AvgIpc) is 2.72. The lowest BCUT2D eigenvalue weighted by molar-refractivity contribution is -0.125. The molecule has 1 aliphatic rings. The van der Waals surface area contributed by atoms with Crippen LogP contribution in [0.2, 0.25) is 0 Å². The van der Waals surface area contributed by atoms with E-state index in [2.05, 4.69) is 5.32 Å². The Bertz CT molecular complexity index is 947. The van der Waals surface area contributed by atoms with Crippen molar-refractivity contribution in [1.29, 1.82) is 0 Å². The molecule has 2 aromatic carbocycles. The summed E-state index contributed by atoms with van der Waals surface area (Å²) in [6.45, 7) is 5.45. The highest BCUT2D eigenvalue weighted by atomic mass is 16.5. The first-order chi connectivity index (χ1) is 13.9. The number of nitrogens with one attached hydrogen (secondary N) is 1. The van der Waals surface area contributed by atoms with Crippen molar-refractivity contribution in [3.05, 3.63) is 53.1 Å². The Kier molecular flexibility index (Phi) is 5.87. The number of carbonyl (C=O) groups is 3. The number of aryl methyl sites for hydroxylation is 2. The summed E-state index contributed by atoms with van der Waals surface area (Å²) in [5.41, 5.74) is 3.11. The van der Waals surface area contributed by atoms with Gasteiger partial charge in [-0.05, 0) is 49.1 Å². The van der Waals surface area contributed by atoms with E-state index in [1.807, 2.05) is 32.0 Å². The van der Waals surface area contributed by atoms with Crippen molar-refractivity contribution >= 4 is 29.2 Å². The highest BCUT2D eigenvalue weighted by Gasteiger charge is 2.34. The third-order valence-electron chi connectivity index (χ3n) is 5.10. The molecule has 2 N–H and O–H groups in total. The monoisotopic (exact) mass is 396 g/mol. The number of nitrogens with zero attached hydrogens (tertiary/aromatic N) is 1. The molecule has 7 nitrogen and oxygen atoms in total. The van der Waals surface area contributed by atoms with Crippen LogP contribution in [0.4, 0.5) is 11.4 Å². The molecule has 0 fully saturated rings. The highest BCUT2D eigenvalue weighted by molar-refractivity contribution is 6.08. The molecule has 0 radical (unpaired) electrons. The zero-order valence-corrected chi connectivity index (χ0v) is 16.7. The Morgan fingerprint density at radius 1 is 1.17 bits per heavy atom. The lowest BCUT2D eigenvalue weighted by Gasteiger charge is -2.33. The first-order valence-corrected chi connectivity index (χ1v) is 9.61. The predicted molar refractivity (Wildman–Crippen MR) is 110 cm³/mol. The SMILES string of the molecule is CCc1cccc(CC)c1NC(=O)C(C)N1C(=O)COc2ccc(C(=O)O)cc21. The molecular formula is C22H24N2O5. The maximum Gasteiger partial charge on any atom is 0.335 e. The number of carboxylic acids is 1. The molecule has 1 unspecified atom stereocenters. The van der Waals surface area contributed by atoms with Crippen LogP contribution in [0.1, 0.15) is 42.3 Å². The fourth-order valence-electron chi connectivity index (χ4n) is 3.48. The predicted octanol–water partition coefficient (Wildman–Crippen LogP) is 3.26. The molecule has 0 aliphatic carbocycles. The number of aromatic carboxylic acids is 1. The number of hydrogen-bond acceptors (Lipinski definition) is 4. The maximum atomic E-state index is 13.1. The van der Waals surface area contributed by atoms with Crippen molar-refractivity contribution in [2.75, 3.05) is 16.8 Å². The van der Waals surface area contributed by atoms with Crippen LogP contribution in [0.25, 0.3) is 0 Å². The largest absolute Gasteiger partial charge is 0.482 e. The van der Waals surface area contributed by atoms with Gasteiger partial charge in [0.2, 0.25) is 5.91 Å². The molecule has 0 saturated carbocycles. The highest BCUT2D eigenvalue weighted by Crippen LogP contribution is 2.35. The van der Waals surface area contributed by atoms with Crippen molar-refractivity contribution in [3.8, 4) is 5.75 Å². The molecule has 3 rings (SSSR count). The number of para-hydroxylation sites is 1. The summed E-state index contributed by atoms with van der Waals surface area (Å²) >= 11 is 0. The van der Waals surface area contributed by atoms with Crippen LogP contribution < -0.4 is 15.0 Å². The third kappa shape index (κ3) is 3.94. The molecule has 2 aromatic rings. The summed E-state index contributed by atoms with van der Waals surface area (Å²) in [5.74, 6) is -1.49. The second-order valence-corrected chi connectivity index (χ2v) is 6.86. The Morgan fingerprint density at radius 3 is 2.41 bits per heavy atom. The number of benzene rings is 2. The molecule has 7 heteroatoms. The van der Waals surface area contributed by atoms with Crippen LogP contribution in [-0.2, 0) is 22.4 Å². The number of anilines is 2. The molecule has 1 aliphatic heterocycles. The number of carboxylic acid groups (broad SMARTS) is 1. The molecule has 1 atom stereocenters. The second-order valence-electron chi connectivity index (χ2n) is 6.86. The van der Waals surface area contributed by atoms with Gasteiger partial charge in [0.25, 0.3) is 5.91 Å². The molecule has 0 aromatic heterocycles. The number of amides is 2. The lowest BCUT2D eigenvalue weighted by Crippen LogP contribution is -2.49. The van der Waals surface area contributed by atoms with E-state index in [-0.39, 0.29) is 23.8 Å². The van der Waals surface area contributed by atoms with Crippen LogP contribution in [0, 0.1) is 0 Å². The molecule has 0 saturated heterocycles.